The van der Waals surface area contributed by atoms with Crippen LogP contribution in [0.15, 0.2) is 48.7 Å². The van der Waals surface area contributed by atoms with Crippen molar-refractivity contribution in [1.29, 1.82) is 0 Å². The molecule has 0 aliphatic carbocycles. The van der Waals surface area contributed by atoms with E-state index in [1.54, 1.807) is 17.0 Å². The molecule has 0 bridgehead atoms. The second-order valence-electron chi connectivity index (χ2n) is 9.98. The molecule has 3 aromatic rings. The standard InChI is InChI=1S/C29H34ClF2N7O4/c30-27-20(3-1-5-24(27)32)15-34-17-26(40)37-23(4-2-8-35-28(41)39-11-9-33-10-12-39)18-43-29(42)38-25-14-21-13-22(31)7-6-19(21)16-36-25/h1,3,5-7,13-14,16,23,33-34H,2,4,8-12,15,17-18H2,(H,35,41)(H,37,40)(H,36,38,42)/t23-/m0/s1. The van der Waals surface area contributed by atoms with Gasteiger partial charge in [0.1, 0.15) is 24.1 Å². The summed E-state index contributed by atoms with van der Waals surface area (Å²) in [4.78, 5) is 43.4. The highest BCUT2D eigenvalue weighted by atomic mass is 35.5. The van der Waals surface area contributed by atoms with Crippen LogP contribution in [-0.4, -0.2) is 79.8 Å². The SMILES string of the molecule is O=C(CNCc1cccc(F)c1Cl)N[C@@H](CCCNC(=O)N1CCNCC1)COC(=O)Nc1cc2cc(F)ccc2cn1. The number of benzene rings is 2. The van der Waals surface area contributed by atoms with E-state index in [-0.39, 0.29) is 42.5 Å². The smallest absolute Gasteiger partial charge is 0.412 e. The molecule has 5 N–H and O–H groups in total. The maximum atomic E-state index is 13.7. The first-order valence-corrected chi connectivity index (χ1v) is 14.3. The Morgan fingerprint density at radius 3 is 2.72 bits per heavy atom. The minimum Gasteiger partial charge on any atom is -0.447 e. The van der Waals surface area contributed by atoms with Gasteiger partial charge in [-0.05, 0) is 54.1 Å². The third kappa shape index (κ3) is 10.0. The van der Waals surface area contributed by atoms with Crippen molar-refractivity contribution in [2.24, 2.45) is 0 Å². The van der Waals surface area contributed by atoms with E-state index in [9.17, 15) is 23.2 Å². The van der Waals surface area contributed by atoms with E-state index >= 15 is 0 Å². The maximum Gasteiger partial charge on any atom is 0.412 e. The van der Waals surface area contributed by atoms with Gasteiger partial charge in [-0.2, -0.15) is 0 Å². The Balaban J connectivity index is 1.27. The summed E-state index contributed by atoms with van der Waals surface area (Å²) < 4.78 is 32.6. The first-order valence-electron chi connectivity index (χ1n) is 13.9. The highest BCUT2D eigenvalue weighted by molar-refractivity contribution is 6.31. The average molecular weight is 618 g/mol. The van der Waals surface area contributed by atoms with Crippen LogP contribution in [0.1, 0.15) is 18.4 Å². The summed E-state index contributed by atoms with van der Waals surface area (Å²) in [6.45, 7) is 3.04. The summed E-state index contributed by atoms with van der Waals surface area (Å²) in [5.41, 5.74) is 0.510. The molecule has 230 valence electrons. The van der Waals surface area contributed by atoms with Crippen LogP contribution < -0.4 is 26.6 Å². The lowest BCUT2D eigenvalue weighted by Crippen LogP contribution is -2.50. The Morgan fingerprint density at radius 1 is 1.09 bits per heavy atom. The normalized spacial score (nSPS) is 13.8. The van der Waals surface area contributed by atoms with E-state index in [2.05, 4.69) is 31.6 Å². The number of pyridine rings is 1. The van der Waals surface area contributed by atoms with Crippen LogP contribution in [-0.2, 0) is 16.1 Å². The highest BCUT2D eigenvalue weighted by Gasteiger charge is 2.18. The number of hydrogen-bond acceptors (Lipinski definition) is 7. The summed E-state index contributed by atoms with van der Waals surface area (Å²) in [7, 11) is 0. The summed E-state index contributed by atoms with van der Waals surface area (Å²) in [5.74, 6) is -1.15. The molecule has 0 saturated carbocycles. The monoisotopic (exact) mass is 617 g/mol. The van der Waals surface area contributed by atoms with Crippen LogP contribution in [0.25, 0.3) is 10.8 Å². The molecule has 1 aliphatic heterocycles. The zero-order valence-corrected chi connectivity index (χ0v) is 24.2. The van der Waals surface area contributed by atoms with Crippen molar-refractivity contribution in [3.63, 3.8) is 0 Å². The summed E-state index contributed by atoms with van der Waals surface area (Å²) in [6.07, 6.45) is 1.63. The fraction of sp³-hybridized carbons (Fsp3) is 0.379. The van der Waals surface area contributed by atoms with E-state index in [1.165, 1.54) is 36.5 Å². The Kier molecular flexibility index (Phi) is 11.8. The topological polar surface area (TPSA) is 137 Å². The second-order valence-corrected chi connectivity index (χ2v) is 10.4. The fourth-order valence-electron chi connectivity index (χ4n) is 4.49. The molecule has 14 heteroatoms. The molecule has 1 saturated heterocycles. The van der Waals surface area contributed by atoms with Gasteiger partial charge in [0.15, 0.2) is 0 Å². The molecular weight excluding hydrogens is 584 g/mol. The molecule has 1 aliphatic rings. The van der Waals surface area contributed by atoms with Crippen molar-refractivity contribution in [1.82, 2.24) is 31.2 Å². The van der Waals surface area contributed by atoms with Gasteiger partial charge in [0.2, 0.25) is 5.91 Å². The molecule has 1 atom stereocenters. The number of hydrogen-bond donors (Lipinski definition) is 5. The van der Waals surface area contributed by atoms with Gasteiger partial charge < -0.3 is 30.9 Å². The number of fused-ring (bicyclic) bond motifs is 1. The minimum atomic E-state index is -0.798. The van der Waals surface area contributed by atoms with Gasteiger partial charge in [-0.1, -0.05) is 23.7 Å². The number of aromatic nitrogens is 1. The van der Waals surface area contributed by atoms with Gasteiger partial charge in [0, 0.05) is 50.9 Å². The third-order valence-electron chi connectivity index (χ3n) is 6.74. The van der Waals surface area contributed by atoms with E-state index in [0.29, 0.717) is 48.8 Å². The molecule has 0 spiro atoms. The molecule has 43 heavy (non-hydrogen) atoms. The number of halogens is 3. The predicted molar refractivity (Wildman–Crippen MR) is 159 cm³/mol. The van der Waals surface area contributed by atoms with Gasteiger partial charge in [-0.15, -0.1) is 0 Å². The number of nitrogens with zero attached hydrogens (tertiary/aromatic N) is 2. The summed E-state index contributed by atoms with van der Waals surface area (Å²) in [6, 6.07) is 9.48. The van der Waals surface area contributed by atoms with Crippen LogP contribution >= 0.6 is 11.6 Å². The molecule has 1 fully saturated rings. The van der Waals surface area contributed by atoms with Crippen molar-refractivity contribution < 1.29 is 27.9 Å². The number of nitrogens with one attached hydrogen (secondary N) is 5. The van der Waals surface area contributed by atoms with Crippen LogP contribution in [0.3, 0.4) is 0 Å². The lowest BCUT2D eigenvalue weighted by molar-refractivity contribution is -0.121. The van der Waals surface area contributed by atoms with Crippen LogP contribution in [0, 0.1) is 11.6 Å². The predicted octanol–water partition coefficient (Wildman–Crippen LogP) is 3.38. The molecule has 2 heterocycles. The Labute approximate surface area is 252 Å². The fourth-order valence-corrected chi connectivity index (χ4v) is 4.68. The largest absolute Gasteiger partial charge is 0.447 e. The molecule has 4 amide bonds. The number of amides is 4. The molecule has 2 aromatic carbocycles. The lowest BCUT2D eigenvalue weighted by atomic mass is 10.1. The Bertz CT molecular complexity index is 1420. The average Bonchev–Trinajstić information content (AvgIpc) is 3.00. The van der Waals surface area contributed by atoms with E-state index in [1.807, 2.05) is 0 Å². The van der Waals surface area contributed by atoms with Crippen molar-refractivity contribution in [3.05, 3.63) is 70.9 Å². The Hall–Kier alpha value is -4.07. The molecule has 11 nitrogen and oxygen atoms in total. The van der Waals surface area contributed by atoms with Crippen molar-refractivity contribution in [3.8, 4) is 0 Å². The van der Waals surface area contributed by atoms with Gasteiger partial charge in [-0.3, -0.25) is 10.1 Å². The first-order chi connectivity index (χ1) is 20.8. The number of carbonyl (C=O) groups is 3. The number of rotatable bonds is 12. The summed E-state index contributed by atoms with van der Waals surface area (Å²) >= 11 is 5.97. The minimum absolute atomic E-state index is 0.0124. The van der Waals surface area contributed by atoms with E-state index in [0.717, 1.165) is 13.1 Å². The first kappa shape index (κ1) is 31.9. The molecule has 1 aromatic heterocycles. The molecule has 0 radical (unpaired) electrons. The number of anilines is 1. The zero-order chi connectivity index (χ0) is 30.6. The molecule has 0 unspecified atom stereocenters. The van der Waals surface area contributed by atoms with Gasteiger partial charge >= 0.3 is 12.1 Å². The number of carbonyl (C=O) groups excluding carboxylic acids is 3. The second kappa shape index (κ2) is 16.0. The summed E-state index contributed by atoms with van der Waals surface area (Å²) in [5, 5.41) is 15.6. The van der Waals surface area contributed by atoms with E-state index < -0.39 is 23.8 Å². The third-order valence-corrected chi connectivity index (χ3v) is 7.16. The van der Waals surface area contributed by atoms with Gasteiger partial charge in [-0.25, -0.2) is 23.4 Å². The van der Waals surface area contributed by atoms with Crippen molar-refractivity contribution in [2.75, 3.05) is 51.2 Å². The Morgan fingerprint density at radius 2 is 1.91 bits per heavy atom. The van der Waals surface area contributed by atoms with E-state index in [4.69, 9.17) is 16.3 Å². The van der Waals surface area contributed by atoms with Crippen LogP contribution in [0.4, 0.5) is 24.2 Å². The zero-order valence-electron chi connectivity index (χ0n) is 23.4. The molecule has 4 rings (SSSR count). The lowest BCUT2D eigenvalue weighted by Gasteiger charge is -2.27. The maximum absolute atomic E-state index is 13.7. The number of ether oxygens (including phenoxy) is 1. The highest BCUT2D eigenvalue weighted by Crippen LogP contribution is 2.19. The van der Waals surface area contributed by atoms with Crippen LogP contribution in [0.5, 0.6) is 0 Å². The van der Waals surface area contributed by atoms with Crippen molar-refractivity contribution in [2.45, 2.75) is 25.4 Å². The van der Waals surface area contributed by atoms with Gasteiger partial charge in [0.25, 0.3) is 0 Å². The van der Waals surface area contributed by atoms with Crippen molar-refractivity contribution >= 4 is 46.2 Å². The molecular formula is C29H34ClF2N7O4. The quantitative estimate of drug-likeness (QED) is 0.197. The number of piperazine rings is 1. The number of urea groups is 1. The van der Waals surface area contributed by atoms with Crippen LogP contribution in [0.2, 0.25) is 5.02 Å². The van der Waals surface area contributed by atoms with Gasteiger partial charge in [0.05, 0.1) is 17.6 Å².